The largest absolute Gasteiger partial charge is 0.293 e. The minimum Gasteiger partial charge on any atom is -0.293 e. The molecule has 0 radical (unpaired) electrons. The molecular weight excluding hydrogens is 310 g/mol. The number of rotatable bonds is 3. The number of hydrogen-bond acceptors (Lipinski definition) is 4. The normalized spacial score (nSPS) is 10.8. The zero-order valence-corrected chi connectivity index (χ0v) is 12.8. The first kappa shape index (κ1) is 13.7. The number of anilines is 1. The van der Waals surface area contributed by atoms with Crippen molar-refractivity contribution in [2.45, 2.75) is 0 Å². The Balaban J connectivity index is 1.74. The van der Waals surface area contributed by atoms with Crippen molar-refractivity contribution in [3.63, 3.8) is 0 Å². The van der Waals surface area contributed by atoms with E-state index in [1.54, 1.807) is 11.0 Å². The third-order valence-electron chi connectivity index (χ3n) is 3.46. The van der Waals surface area contributed by atoms with Gasteiger partial charge in [-0.25, -0.2) is 4.98 Å². The number of fused-ring (bicyclic) bond motifs is 1. The highest BCUT2D eigenvalue weighted by atomic mass is 35.5. The van der Waals surface area contributed by atoms with Gasteiger partial charge in [-0.15, -0.1) is 10.2 Å². The summed E-state index contributed by atoms with van der Waals surface area (Å²) in [5.41, 5.74) is 6.84. The molecule has 4 rings (SSSR count). The molecule has 0 atom stereocenters. The van der Waals surface area contributed by atoms with Gasteiger partial charge in [-0.3, -0.25) is 10.1 Å². The lowest BCUT2D eigenvalue weighted by atomic mass is 10.1. The average molecular weight is 322 g/mol. The first-order valence-electron chi connectivity index (χ1n) is 7.08. The lowest BCUT2D eigenvalue weighted by molar-refractivity contribution is 0.895. The number of nitrogens with one attached hydrogen (secondary N) is 1. The van der Waals surface area contributed by atoms with Crippen molar-refractivity contribution in [3.8, 4) is 22.6 Å². The summed E-state index contributed by atoms with van der Waals surface area (Å²) in [5, 5.41) is 9.07. The number of para-hydroxylation sites is 1. The van der Waals surface area contributed by atoms with Crippen LogP contribution in [0.25, 0.3) is 22.6 Å². The number of nitrogens with zero attached hydrogens (tertiary/aromatic N) is 4. The molecule has 2 aromatic carbocycles. The smallest absolute Gasteiger partial charge is 0.187 e. The maximum atomic E-state index is 5.94. The Morgan fingerprint density at radius 1 is 0.913 bits per heavy atom. The third-order valence-corrected chi connectivity index (χ3v) is 3.71. The Morgan fingerprint density at radius 2 is 1.70 bits per heavy atom. The van der Waals surface area contributed by atoms with Gasteiger partial charge in [-0.1, -0.05) is 41.9 Å². The van der Waals surface area contributed by atoms with Gasteiger partial charge in [-0.2, -0.15) is 0 Å². The zero-order valence-electron chi connectivity index (χ0n) is 12.0. The van der Waals surface area contributed by atoms with Crippen LogP contribution in [0.3, 0.4) is 0 Å². The van der Waals surface area contributed by atoms with Crippen LogP contribution >= 0.6 is 11.6 Å². The molecule has 2 aromatic rings. The minimum atomic E-state index is 0.612. The van der Waals surface area contributed by atoms with E-state index < -0.39 is 0 Å². The summed E-state index contributed by atoms with van der Waals surface area (Å²) in [4.78, 5) is 4.34. The number of aromatic nitrogens is 4. The Hall–Kier alpha value is -2.92. The lowest BCUT2D eigenvalue weighted by Gasteiger charge is -2.11. The summed E-state index contributed by atoms with van der Waals surface area (Å²) in [5.74, 6) is 0.612. The zero-order chi connectivity index (χ0) is 15.6. The van der Waals surface area contributed by atoms with E-state index in [0.717, 1.165) is 22.5 Å². The first-order valence-corrected chi connectivity index (χ1v) is 7.46. The molecular formula is C17H12ClN5. The van der Waals surface area contributed by atoms with E-state index in [0.29, 0.717) is 10.8 Å². The molecule has 5 nitrogen and oxygen atoms in total. The fourth-order valence-corrected chi connectivity index (χ4v) is 2.48. The lowest BCUT2D eigenvalue weighted by Crippen LogP contribution is -2.10. The first-order chi connectivity index (χ1) is 11.3. The van der Waals surface area contributed by atoms with Crippen LogP contribution in [0.4, 0.5) is 5.69 Å². The molecule has 0 saturated carbocycles. The van der Waals surface area contributed by atoms with E-state index in [1.807, 2.05) is 60.8 Å². The van der Waals surface area contributed by atoms with Crippen molar-refractivity contribution in [1.29, 1.82) is 0 Å². The molecule has 0 saturated heterocycles. The summed E-state index contributed by atoms with van der Waals surface area (Å²) >= 11 is 5.94. The van der Waals surface area contributed by atoms with Crippen molar-refractivity contribution in [2.75, 3.05) is 5.43 Å². The van der Waals surface area contributed by atoms with Crippen LogP contribution in [-0.2, 0) is 0 Å². The van der Waals surface area contributed by atoms with Crippen LogP contribution in [-0.4, -0.2) is 19.9 Å². The molecule has 0 aromatic heterocycles. The van der Waals surface area contributed by atoms with Crippen LogP contribution in [0.5, 0.6) is 0 Å². The van der Waals surface area contributed by atoms with E-state index in [2.05, 4.69) is 20.6 Å². The summed E-state index contributed by atoms with van der Waals surface area (Å²) in [6.07, 6.45) is 3.61. The number of halogens is 1. The predicted octanol–water partition coefficient (Wildman–Crippen LogP) is 3.97. The second-order valence-electron chi connectivity index (χ2n) is 5.05. The second kappa shape index (κ2) is 5.70. The van der Waals surface area contributed by atoms with E-state index in [-0.39, 0.29) is 0 Å². The Morgan fingerprint density at radius 3 is 2.48 bits per heavy atom. The molecule has 2 heterocycles. The van der Waals surface area contributed by atoms with Crippen molar-refractivity contribution in [1.82, 2.24) is 19.9 Å². The molecule has 0 spiro atoms. The number of benzene rings is 2. The fraction of sp³-hybridized carbons (Fsp3) is 0. The van der Waals surface area contributed by atoms with Gasteiger partial charge >= 0.3 is 0 Å². The van der Waals surface area contributed by atoms with Gasteiger partial charge in [0.1, 0.15) is 12.0 Å². The molecule has 23 heavy (non-hydrogen) atoms. The average Bonchev–Trinajstić information content (AvgIpc) is 3.00. The van der Waals surface area contributed by atoms with Crippen molar-refractivity contribution >= 4 is 17.3 Å². The molecule has 0 amide bonds. The molecule has 0 fully saturated rings. The fourth-order valence-electron chi connectivity index (χ4n) is 2.36. The molecule has 0 bridgehead atoms. The highest BCUT2D eigenvalue weighted by molar-refractivity contribution is 6.30. The highest BCUT2D eigenvalue weighted by Crippen LogP contribution is 2.30. The van der Waals surface area contributed by atoms with Crippen molar-refractivity contribution in [3.05, 3.63) is 72.1 Å². The summed E-state index contributed by atoms with van der Waals surface area (Å²) in [6.45, 7) is 0. The van der Waals surface area contributed by atoms with Crippen molar-refractivity contribution in [2.24, 2.45) is 0 Å². The Bertz CT molecular complexity index is 902. The molecule has 112 valence electrons. The van der Waals surface area contributed by atoms with Gasteiger partial charge in [-0.05, 0) is 24.3 Å². The second-order valence-corrected chi connectivity index (χ2v) is 5.49. The summed E-state index contributed by atoms with van der Waals surface area (Å²) < 4.78 is 1.79. The van der Waals surface area contributed by atoms with E-state index in [9.17, 15) is 0 Å². The molecule has 6 heteroatoms. The summed E-state index contributed by atoms with van der Waals surface area (Å²) in [6, 6.07) is 17.4. The van der Waals surface area contributed by atoms with Gasteiger partial charge in [0.2, 0.25) is 0 Å². The third kappa shape index (κ3) is 2.74. The monoisotopic (exact) mass is 321 g/mol. The molecule has 2 aliphatic heterocycles. The van der Waals surface area contributed by atoms with Gasteiger partial charge in [0.25, 0.3) is 0 Å². The Kier molecular flexibility index (Phi) is 3.40. The predicted molar refractivity (Wildman–Crippen MR) is 90.3 cm³/mol. The standard InChI is InChI=1S/C17H12ClN5/c18-13-8-6-12(7-9-13)16-15-10-23(11-19-17(15)21-20-16)22-14-4-2-1-3-5-14/h1-11,22H. The Labute approximate surface area is 137 Å². The van der Waals surface area contributed by atoms with E-state index in [1.165, 1.54) is 0 Å². The minimum absolute atomic E-state index is 0.612. The van der Waals surface area contributed by atoms with E-state index >= 15 is 0 Å². The SMILES string of the molecule is Clc1ccc(-c2nnc3ncn(Nc4ccccc4)cc2-3)cc1. The quantitative estimate of drug-likeness (QED) is 0.620. The van der Waals surface area contributed by atoms with Crippen LogP contribution in [0.15, 0.2) is 67.1 Å². The highest BCUT2D eigenvalue weighted by Gasteiger charge is 2.16. The number of hydrogen-bond donors (Lipinski definition) is 1. The van der Waals surface area contributed by atoms with Crippen LogP contribution in [0.2, 0.25) is 5.02 Å². The van der Waals surface area contributed by atoms with Gasteiger partial charge in [0.05, 0.1) is 11.3 Å². The van der Waals surface area contributed by atoms with Crippen LogP contribution < -0.4 is 5.43 Å². The topological polar surface area (TPSA) is 55.6 Å². The van der Waals surface area contributed by atoms with Crippen LogP contribution in [0, 0.1) is 0 Å². The molecule has 0 unspecified atom stereocenters. The maximum Gasteiger partial charge on any atom is 0.187 e. The van der Waals surface area contributed by atoms with Gasteiger partial charge < -0.3 is 0 Å². The summed E-state index contributed by atoms with van der Waals surface area (Å²) in [7, 11) is 0. The van der Waals surface area contributed by atoms with Crippen LogP contribution in [0.1, 0.15) is 0 Å². The maximum absolute atomic E-state index is 5.94. The molecule has 2 aliphatic rings. The van der Waals surface area contributed by atoms with Gasteiger partial charge in [0.15, 0.2) is 5.82 Å². The molecule has 0 aliphatic carbocycles. The van der Waals surface area contributed by atoms with Crippen molar-refractivity contribution < 1.29 is 0 Å². The van der Waals surface area contributed by atoms with Gasteiger partial charge in [0, 0.05) is 16.8 Å². The molecule has 1 N–H and O–H groups in total. The van der Waals surface area contributed by atoms with E-state index in [4.69, 9.17) is 11.6 Å².